The van der Waals surface area contributed by atoms with Crippen molar-refractivity contribution < 1.29 is 4.79 Å². The predicted octanol–water partition coefficient (Wildman–Crippen LogP) is 4.61. The molecule has 1 aromatic heterocycles. The molecule has 2 aromatic rings. The van der Waals surface area contributed by atoms with Crippen LogP contribution in [0.1, 0.15) is 25.5 Å². The molecule has 4 nitrogen and oxygen atoms in total. The summed E-state index contributed by atoms with van der Waals surface area (Å²) in [6, 6.07) is 9.16. The minimum atomic E-state index is -0.209. The first kappa shape index (κ1) is 17.8. The van der Waals surface area contributed by atoms with Gasteiger partial charge in [-0.15, -0.1) is 0 Å². The van der Waals surface area contributed by atoms with Crippen LogP contribution in [0, 0.1) is 0 Å². The van der Waals surface area contributed by atoms with Gasteiger partial charge in [-0.25, -0.2) is 4.79 Å². The van der Waals surface area contributed by atoms with Crippen molar-refractivity contribution in [3.8, 4) is 0 Å². The van der Waals surface area contributed by atoms with Gasteiger partial charge in [0.25, 0.3) is 0 Å². The Kier molecular flexibility index (Phi) is 6.89. The van der Waals surface area contributed by atoms with Crippen LogP contribution in [0.4, 0.5) is 10.5 Å². The average molecular weight is 352 g/mol. The second kappa shape index (κ2) is 8.91. The highest BCUT2D eigenvalue weighted by molar-refractivity contribution is 7.07. The van der Waals surface area contributed by atoms with Crippen LogP contribution in [0.5, 0.6) is 0 Å². The topological polar surface area (TPSA) is 44.4 Å². The molecule has 1 aromatic carbocycles. The largest absolute Gasteiger partial charge is 0.336 e. The van der Waals surface area contributed by atoms with Crippen LogP contribution in [0.15, 0.2) is 41.1 Å². The summed E-state index contributed by atoms with van der Waals surface area (Å²) in [4.78, 5) is 14.4. The van der Waals surface area contributed by atoms with Crippen LogP contribution in [0.3, 0.4) is 0 Å². The molecule has 0 spiro atoms. The lowest BCUT2D eigenvalue weighted by Gasteiger charge is -2.29. The quantitative estimate of drug-likeness (QED) is 0.765. The fourth-order valence-electron chi connectivity index (χ4n) is 2.48. The number of likely N-dealkylation sites (N-methyl/N-ethyl adjacent to an activating group) is 1. The molecular weight excluding hydrogens is 330 g/mol. The summed E-state index contributed by atoms with van der Waals surface area (Å²) in [7, 11) is 0. The summed E-state index contributed by atoms with van der Waals surface area (Å²) in [5.74, 6) is 0. The molecule has 2 N–H and O–H groups in total. The normalized spacial score (nSPS) is 12.2. The van der Waals surface area contributed by atoms with E-state index in [-0.39, 0.29) is 12.1 Å². The second-order valence-electron chi connectivity index (χ2n) is 5.14. The highest BCUT2D eigenvalue weighted by atomic mass is 35.5. The van der Waals surface area contributed by atoms with Crippen LogP contribution in [-0.4, -0.2) is 30.6 Å². The Morgan fingerprint density at radius 3 is 2.48 bits per heavy atom. The van der Waals surface area contributed by atoms with Gasteiger partial charge >= 0.3 is 6.03 Å². The van der Waals surface area contributed by atoms with Crippen molar-refractivity contribution in [2.24, 2.45) is 0 Å². The molecule has 0 saturated heterocycles. The lowest BCUT2D eigenvalue weighted by atomic mass is 10.1. The maximum Gasteiger partial charge on any atom is 0.319 e. The molecule has 0 radical (unpaired) electrons. The van der Waals surface area contributed by atoms with Crippen LogP contribution in [0.2, 0.25) is 5.02 Å². The van der Waals surface area contributed by atoms with Gasteiger partial charge in [-0.05, 0) is 59.7 Å². The van der Waals surface area contributed by atoms with Crippen LogP contribution in [-0.2, 0) is 0 Å². The number of benzene rings is 1. The summed E-state index contributed by atoms with van der Waals surface area (Å²) < 4.78 is 0. The van der Waals surface area contributed by atoms with Gasteiger partial charge in [-0.3, -0.25) is 4.90 Å². The Morgan fingerprint density at radius 1 is 1.22 bits per heavy atom. The number of urea groups is 1. The molecule has 1 unspecified atom stereocenters. The van der Waals surface area contributed by atoms with Crippen molar-refractivity contribution in [3.63, 3.8) is 0 Å². The van der Waals surface area contributed by atoms with Gasteiger partial charge in [0.05, 0.1) is 6.04 Å². The molecule has 0 aliphatic carbocycles. The van der Waals surface area contributed by atoms with E-state index in [1.54, 1.807) is 35.6 Å². The number of nitrogens with zero attached hydrogens (tertiary/aromatic N) is 1. The summed E-state index contributed by atoms with van der Waals surface area (Å²) >= 11 is 7.52. The zero-order chi connectivity index (χ0) is 16.7. The number of carbonyl (C=O) groups is 1. The molecule has 0 saturated carbocycles. The first-order chi connectivity index (χ1) is 11.1. The third kappa shape index (κ3) is 5.23. The van der Waals surface area contributed by atoms with E-state index in [1.807, 2.05) is 0 Å². The fourth-order valence-corrected chi connectivity index (χ4v) is 3.32. The van der Waals surface area contributed by atoms with Gasteiger partial charge in [-0.2, -0.15) is 11.3 Å². The molecule has 23 heavy (non-hydrogen) atoms. The first-order valence-corrected chi connectivity index (χ1v) is 9.02. The zero-order valence-electron chi connectivity index (χ0n) is 13.4. The lowest BCUT2D eigenvalue weighted by molar-refractivity contribution is 0.210. The second-order valence-corrected chi connectivity index (χ2v) is 6.35. The number of amides is 2. The SMILES string of the molecule is CCN(CC)C(CNC(=O)Nc1ccc(Cl)cc1)c1ccsc1. The third-order valence-electron chi connectivity index (χ3n) is 3.74. The number of carbonyl (C=O) groups excluding carboxylic acids is 1. The van der Waals surface area contributed by atoms with Crippen molar-refractivity contribution in [1.82, 2.24) is 10.2 Å². The van der Waals surface area contributed by atoms with E-state index in [0.717, 1.165) is 18.8 Å². The van der Waals surface area contributed by atoms with Gasteiger partial charge < -0.3 is 10.6 Å². The zero-order valence-corrected chi connectivity index (χ0v) is 15.0. The standard InChI is InChI=1S/C17H22ClN3OS/c1-3-21(4-2)16(13-9-10-23-12-13)11-19-17(22)20-15-7-5-14(18)6-8-15/h5-10,12,16H,3-4,11H2,1-2H3,(H2,19,20,22). The van der Waals surface area contributed by atoms with E-state index in [0.29, 0.717) is 11.6 Å². The van der Waals surface area contributed by atoms with E-state index in [4.69, 9.17) is 11.6 Å². The Balaban J connectivity index is 1.95. The molecule has 2 amide bonds. The number of rotatable bonds is 7. The number of hydrogen-bond acceptors (Lipinski definition) is 3. The van der Waals surface area contributed by atoms with E-state index in [1.165, 1.54) is 5.56 Å². The number of hydrogen-bond donors (Lipinski definition) is 2. The van der Waals surface area contributed by atoms with E-state index < -0.39 is 0 Å². The molecule has 0 aliphatic heterocycles. The van der Waals surface area contributed by atoms with Crippen molar-refractivity contribution >= 4 is 34.7 Å². The molecular formula is C17H22ClN3OS. The Labute approximate surface area is 146 Å². The minimum Gasteiger partial charge on any atom is -0.336 e. The number of halogens is 1. The molecule has 0 aliphatic rings. The number of nitrogens with one attached hydrogen (secondary N) is 2. The van der Waals surface area contributed by atoms with Crippen LogP contribution in [0.25, 0.3) is 0 Å². The molecule has 124 valence electrons. The fraction of sp³-hybridized carbons (Fsp3) is 0.353. The molecule has 1 atom stereocenters. The monoisotopic (exact) mass is 351 g/mol. The lowest BCUT2D eigenvalue weighted by Crippen LogP contribution is -2.39. The summed E-state index contributed by atoms with van der Waals surface area (Å²) in [6.07, 6.45) is 0. The van der Waals surface area contributed by atoms with E-state index in [2.05, 4.69) is 46.2 Å². The summed E-state index contributed by atoms with van der Waals surface area (Å²) in [5, 5.41) is 10.6. The minimum absolute atomic E-state index is 0.187. The first-order valence-electron chi connectivity index (χ1n) is 7.70. The van der Waals surface area contributed by atoms with Gasteiger partial charge in [0, 0.05) is 17.3 Å². The molecule has 0 bridgehead atoms. The highest BCUT2D eigenvalue weighted by Crippen LogP contribution is 2.22. The van der Waals surface area contributed by atoms with E-state index >= 15 is 0 Å². The Hall–Kier alpha value is -1.56. The van der Waals surface area contributed by atoms with Gasteiger partial charge in [0.1, 0.15) is 0 Å². The maximum absolute atomic E-state index is 12.1. The molecule has 1 heterocycles. The van der Waals surface area contributed by atoms with E-state index in [9.17, 15) is 4.79 Å². The average Bonchev–Trinajstić information content (AvgIpc) is 3.08. The van der Waals surface area contributed by atoms with Gasteiger partial charge in [0.2, 0.25) is 0 Å². The number of anilines is 1. The van der Waals surface area contributed by atoms with Crippen molar-refractivity contribution in [1.29, 1.82) is 0 Å². The number of thiophene rings is 1. The van der Waals surface area contributed by atoms with Crippen molar-refractivity contribution in [2.75, 3.05) is 25.0 Å². The molecule has 0 fully saturated rings. The van der Waals surface area contributed by atoms with Crippen LogP contribution < -0.4 is 10.6 Å². The Morgan fingerprint density at radius 2 is 1.91 bits per heavy atom. The maximum atomic E-state index is 12.1. The highest BCUT2D eigenvalue weighted by Gasteiger charge is 2.19. The van der Waals surface area contributed by atoms with Gasteiger partial charge in [-0.1, -0.05) is 25.4 Å². The van der Waals surface area contributed by atoms with Crippen LogP contribution >= 0.6 is 22.9 Å². The summed E-state index contributed by atoms with van der Waals surface area (Å²) in [5.41, 5.74) is 1.97. The third-order valence-corrected chi connectivity index (χ3v) is 4.69. The molecule has 6 heteroatoms. The summed E-state index contributed by atoms with van der Waals surface area (Å²) in [6.45, 7) is 6.72. The smallest absolute Gasteiger partial charge is 0.319 e. The Bertz CT molecular complexity index is 597. The van der Waals surface area contributed by atoms with Crippen molar-refractivity contribution in [3.05, 3.63) is 51.7 Å². The van der Waals surface area contributed by atoms with Gasteiger partial charge in [0.15, 0.2) is 0 Å². The van der Waals surface area contributed by atoms with Crippen molar-refractivity contribution in [2.45, 2.75) is 19.9 Å². The molecule has 2 rings (SSSR count). The predicted molar refractivity (Wildman–Crippen MR) is 98.5 cm³/mol.